The minimum absolute atomic E-state index is 0.0122. The van der Waals surface area contributed by atoms with E-state index in [1.165, 1.54) is 65.0 Å². The van der Waals surface area contributed by atoms with Crippen LogP contribution in [0.15, 0.2) is 54.7 Å². The number of phenolic OH excluding ortho intramolecular Hbond substituents is 2. The summed E-state index contributed by atoms with van der Waals surface area (Å²) in [5, 5.41) is 22.7. The number of methoxy groups -OCH3 is 4. The quantitative estimate of drug-likeness (QED) is 0.152. The predicted molar refractivity (Wildman–Crippen MR) is 135 cm³/mol. The summed E-state index contributed by atoms with van der Waals surface area (Å²) < 4.78 is 35.0. The number of allylic oxidation sites excluding steroid dienone is 1. The van der Waals surface area contributed by atoms with Crippen LogP contribution >= 0.6 is 0 Å². The van der Waals surface area contributed by atoms with Gasteiger partial charge in [0.1, 0.15) is 0 Å². The molecule has 0 amide bonds. The maximum Gasteiger partial charge on any atom is 0.200 e. The molecule has 3 aromatic carbocycles. The molecule has 0 aliphatic heterocycles. The Balaban J connectivity index is 1.87. The molecule has 3 N–H and O–H groups in total. The molecule has 0 aliphatic carbocycles. The van der Waals surface area contributed by atoms with E-state index in [1.54, 1.807) is 30.4 Å². The highest BCUT2D eigenvalue weighted by Crippen LogP contribution is 2.37. The van der Waals surface area contributed by atoms with Gasteiger partial charge in [-0.15, -0.1) is 0 Å². The van der Waals surface area contributed by atoms with Crippen molar-refractivity contribution in [2.45, 2.75) is 0 Å². The van der Waals surface area contributed by atoms with Crippen molar-refractivity contribution in [1.82, 2.24) is 0 Å². The standard InChI is InChI=1S/C27H26FNO7/c1-33-23-8-7-18(14-25(23)35-3)21(30)9-10-29-20-15-24(34-2)19(28)13-17(20)6-5-16-11-22(31)27(32)26(12-16)36-4/h5-15,29,31-32H,1-4H3/b6-5-,10-9-. The number of ether oxygens (including phenoxy) is 4. The number of rotatable bonds is 10. The van der Waals surface area contributed by atoms with Gasteiger partial charge in [-0.25, -0.2) is 4.39 Å². The smallest absolute Gasteiger partial charge is 0.200 e. The summed E-state index contributed by atoms with van der Waals surface area (Å²) >= 11 is 0. The Kier molecular flexibility index (Phi) is 8.40. The van der Waals surface area contributed by atoms with E-state index >= 15 is 0 Å². The van der Waals surface area contributed by atoms with Crippen molar-refractivity contribution in [2.24, 2.45) is 0 Å². The zero-order chi connectivity index (χ0) is 26.2. The number of carbonyl (C=O) groups excluding carboxylic acids is 1. The van der Waals surface area contributed by atoms with Crippen LogP contribution in [-0.4, -0.2) is 44.4 Å². The van der Waals surface area contributed by atoms with Gasteiger partial charge in [0.2, 0.25) is 5.75 Å². The third-order valence-corrected chi connectivity index (χ3v) is 5.22. The van der Waals surface area contributed by atoms with Crippen molar-refractivity contribution in [3.8, 4) is 34.5 Å². The van der Waals surface area contributed by atoms with Gasteiger partial charge in [0.05, 0.1) is 28.4 Å². The molecule has 3 rings (SSSR count). The van der Waals surface area contributed by atoms with E-state index in [-0.39, 0.29) is 28.8 Å². The zero-order valence-corrected chi connectivity index (χ0v) is 20.2. The summed E-state index contributed by atoms with van der Waals surface area (Å²) in [4.78, 5) is 12.6. The molecule has 0 heterocycles. The molecule has 0 atom stereocenters. The average molecular weight is 496 g/mol. The molecule has 0 fully saturated rings. The van der Waals surface area contributed by atoms with Gasteiger partial charge in [-0.3, -0.25) is 4.79 Å². The maximum absolute atomic E-state index is 14.4. The van der Waals surface area contributed by atoms with E-state index in [4.69, 9.17) is 18.9 Å². The van der Waals surface area contributed by atoms with Crippen LogP contribution in [-0.2, 0) is 0 Å². The fourth-order valence-electron chi connectivity index (χ4n) is 3.33. The van der Waals surface area contributed by atoms with Crippen LogP contribution < -0.4 is 24.3 Å². The predicted octanol–water partition coefficient (Wildman–Crippen LogP) is 5.25. The number of hydrogen-bond donors (Lipinski definition) is 3. The summed E-state index contributed by atoms with van der Waals surface area (Å²) in [6.45, 7) is 0. The molecule has 3 aromatic rings. The third kappa shape index (κ3) is 5.87. The first-order valence-corrected chi connectivity index (χ1v) is 10.7. The summed E-state index contributed by atoms with van der Waals surface area (Å²) in [6.07, 6.45) is 5.96. The number of aromatic hydroxyl groups is 2. The number of nitrogens with one attached hydrogen (secondary N) is 1. The lowest BCUT2D eigenvalue weighted by Gasteiger charge is -2.11. The van der Waals surface area contributed by atoms with E-state index < -0.39 is 5.82 Å². The number of anilines is 1. The first-order chi connectivity index (χ1) is 17.3. The Labute approximate surface area is 207 Å². The highest BCUT2D eigenvalue weighted by atomic mass is 19.1. The molecular weight excluding hydrogens is 469 g/mol. The minimum Gasteiger partial charge on any atom is -0.504 e. The monoisotopic (exact) mass is 495 g/mol. The van der Waals surface area contributed by atoms with Gasteiger partial charge in [-0.05, 0) is 42.0 Å². The van der Waals surface area contributed by atoms with Gasteiger partial charge in [0.25, 0.3) is 0 Å². The lowest BCUT2D eigenvalue weighted by Crippen LogP contribution is -2.00. The molecule has 188 valence electrons. The highest BCUT2D eigenvalue weighted by molar-refractivity contribution is 6.05. The second-order valence-electron chi connectivity index (χ2n) is 7.41. The number of ketones is 1. The van der Waals surface area contributed by atoms with Gasteiger partial charge < -0.3 is 34.5 Å². The van der Waals surface area contributed by atoms with Crippen molar-refractivity contribution >= 4 is 23.6 Å². The second kappa shape index (κ2) is 11.7. The van der Waals surface area contributed by atoms with Gasteiger partial charge in [-0.2, -0.15) is 0 Å². The van der Waals surface area contributed by atoms with E-state index in [2.05, 4.69) is 5.32 Å². The Morgan fingerprint density at radius 3 is 2.19 bits per heavy atom. The number of carbonyl (C=O) groups is 1. The fourth-order valence-corrected chi connectivity index (χ4v) is 3.33. The van der Waals surface area contributed by atoms with E-state index in [9.17, 15) is 19.4 Å². The number of halogens is 1. The molecule has 0 saturated heterocycles. The van der Waals surface area contributed by atoms with Crippen LogP contribution in [0.2, 0.25) is 0 Å². The summed E-state index contributed by atoms with van der Waals surface area (Å²) in [6, 6.07) is 10.4. The van der Waals surface area contributed by atoms with Gasteiger partial charge in [0.15, 0.2) is 40.3 Å². The van der Waals surface area contributed by atoms with Crippen molar-refractivity contribution in [3.05, 3.63) is 77.2 Å². The number of benzene rings is 3. The molecule has 9 heteroatoms. The van der Waals surface area contributed by atoms with Crippen LogP contribution in [0.5, 0.6) is 34.5 Å². The number of hydrogen-bond acceptors (Lipinski definition) is 8. The first kappa shape index (κ1) is 26.0. The molecule has 0 saturated carbocycles. The normalized spacial score (nSPS) is 11.0. The van der Waals surface area contributed by atoms with Gasteiger partial charge >= 0.3 is 0 Å². The Bertz CT molecular complexity index is 1320. The van der Waals surface area contributed by atoms with Crippen LogP contribution in [0.1, 0.15) is 21.5 Å². The van der Waals surface area contributed by atoms with Crippen molar-refractivity contribution in [1.29, 1.82) is 0 Å². The van der Waals surface area contributed by atoms with Crippen molar-refractivity contribution < 1.29 is 38.3 Å². The average Bonchev–Trinajstić information content (AvgIpc) is 2.89. The Morgan fingerprint density at radius 1 is 0.833 bits per heavy atom. The summed E-state index contributed by atoms with van der Waals surface area (Å²) in [5.41, 5.74) is 1.78. The van der Waals surface area contributed by atoms with Crippen LogP contribution in [0.25, 0.3) is 12.2 Å². The second-order valence-corrected chi connectivity index (χ2v) is 7.41. The molecule has 8 nitrogen and oxygen atoms in total. The van der Waals surface area contributed by atoms with Crippen LogP contribution in [0.3, 0.4) is 0 Å². The molecular formula is C27H26FNO7. The first-order valence-electron chi connectivity index (χ1n) is 10.7. The van der Waals surface area contributed by atoms with Gasteiger partial charge in [0, 0.05) is 35.2 Å². The maximum atomic E-state index is 14.4. The Morgan fingerprint density at radius 2 is 1.53 bits per heavy atom. The number of phenols is 2. The molecule has 0 spiro atoms. The largest absolute Gasteiger partial charge is 0.504 e. The van der Waals surface area contributed by atoms with Crippen LogP contribution in [0, 0.1) is 5.82 Å². The van der Waals surface area contributed by atoms with E-state index in [0.717, 1.165) is 0 Å². The lowest BCUT2D eigenvalue weighted by atomic mass is 10.1. The molecule has 0 aliphatic rings. The fraction of sp³-hybridized carbons (Fsp3) is 0.148. The molecule has 36 heavy (non-hydrogen) atoms. The third-order valence-electron chi connectivity index (χ3n) is 5.22. The van der Waals surface area contributed by atoms with E-state index in [1.807, 2.05) is 0 Å². The molecule has 0 aromatic heterocycles. The SMILES string of the molecule is COc1cc(N/C=C\C(=O)c2ccc(OC)c(OC)c2)c(/C=C\c2cc(O)c(O)c(OC)c2)cc1F. The summed E-state index contributed by atoms with van der Waals surface area (Å²) in [7, 11) is 5.70. The zero-order valence-electron chi connectivity index (χ0n) is 20.2. The van der Waals surface area contributed by atoms with Crippen molar-refractivity contribution in [3.63, 3.8) is 0 Å². The Hall–Kier alpha value is -4.66. The van der Waals surface area contributed by atoms with Crippen molar-refractivity contribution in [2.75, 3.05) is 33.8 Å². The minimum atomic E-state index is -0.584. The summed E-state index contributed by atoms with van der Waals surface area (Å²) in [5.74, 6) is -0.575. The molecule has 0 bridgehead atoms. The van der Waals surface area contributed by atoms with Crippen LogP contribution in [0.4, 0.5) is 10.1 Å². The topological polar surface area (TPSA) is 106 Å². The molecule has 0 unspecified atom stereocenters. The lowest BCUT2D eigenvalue weighted by molar-refractivity contribution is 0.104. The van der Waals surface area contributed by atoms with E-state index in [0.29, 0.717) is 33.9 Å². The molecule has 0 radical (unpaired) electrons. The van der Waals surface area contributed by atoms with Gasteiger partial charge in [-0.1, -0.05) is 12.2 Å². The highest BCUT2D eigenvalue weighted by Gasteiger charge is 2.12.